The lowest BCUT2D eigenvalue weighted by Crippen LogP contribution is -2.27. The molecule has 2 N–H and O–H groups in total. The molecule has 2 aromatic carbocycles. The maximum absolute atomic E-state index is 10.2. The first-order valence-corrected chi connectivity index (χ1v) is 9.46. The van der Waals surface area contributed by atoms with Gasteiger partial charge in [-0.3, -0.25) is 0 Å². The molecule has 0 saturated heterocycles. The van der Waals surface area contributed by atoms with Crippen molar-refractivity contribution in [2.45, 2.75) is 71.6 Å². The highest BCUT2D eigenvalue weighted by Gasteiger charge is 2.36. The average Bonchev–Trinajstić information content (AvgIpc) is 2.83. The van der Waals surface area contributed by atoms with E-state index < -0.39 is 0 Å². The van der Waals surface area contributed by atoms with Gasteiger partial charge < -0.3 is 10.2 Å². The highest BCUT2D eigenvalue weighted by atomic mass is 16.3. The van der Waals surface area contributed by atoms with Gasteiger partial charge in [0.15, 0.2) is 0 Å². The van der Waals surface area contributed by atoms with Crippen LogP contribution in [0.3, 0.4) is 0 Å². The number of hydrogen-bond acceptors (Lipinski definition) is 2. The Morgan fingerprint density at radius 1 is 0.600 bits per heavy atom. The van der Waals surface area contributed by atoms with E-state index >= 15 is 0 Å². The predicted octanol–water partition coefficient (Wildman–Crippen LogP) is 5.97. The van der Waals surface area contributed by atoms with Crippen molar-refractivity contribution < 1.29 is 10.2 Å². The van der Waals surface area contributed by atoms with Gasteiger partial charge in [-0.05, 0) is 73.9 Å². The standard InChI is InChI=1S/C23H30O2/c1-15-11-19(12-16(2)21(15)24)23(9-7-5-6-8-10-23)20-13-17(3)22(25)18(4)14-20/h11-14,24-25H,5-10H2,1-4H3. The van der Waals surface area contributed by atoms with E-state index in [-0.39, 0.29) is 5.41 Å². The summed E-state index contributed by atoms with van der Waals surface area (Å²) in [5.74, 6) is 0.816. The second kappa shape index (κ2) is 6.74. The van der Waals surface area contributed by atoms with Crippen molar-refractivity contribution in [1.29, 1.82) is 0 Å². The summed E-state index contributed by atoms with van der Waals surface area (Å²) in [7, 11) is 0. The molecule has 134 valence electrons. The number of phenols is 2. The number of aromatic hydroxyl groups is 2. The van der Waals surface area contributed by atoms with Crippen LogP contribution in [0.2, 0.25) is 0 Å². The fraction of sp³-hybridized carbons (Fsp3) is 0.478. The number of rotatable bonds is 2. The van der Waals surface area contributed by atoms with Gasteiger partial charge >= 0.3 is 0 Å². The van der Waals surface area contributed by atoms with Crippen LogP contribution in [0.15, 0.2) is 24.3 Å². The fourth-order valence-electron chi connectivity index (χ4n) is 4.54. The van der Waals surface area contributed by atoms with Crippen molar-refractivity contribution in [1.82, 2.24) is 0 Å². The molecule has 0 aliphatic heterocycles. The van der Waals surface area contributed by atoms with Crippen molar-refractivity contribution in [3.8, 4) is 11.5 Å². The van der Waals surface area contributed by atoms with Gasteiger partial charge in [0.25, 0.3) is 0 Å². The molecule has 0 radical (unpaired) electrons. The summed E-state index contributed by atoms with van der Waals surface area (Å²) in [5, 5.41) is 20.5. The van der Waals surface area contributed by atoms with Crippen LogP contribution in [0.25, 0.3) is 0 Å². The molecule has 0 bridgehead atoms. The minimum absolute atomic E-state index is 0.0249. The smallest absolute Gasteiger partial charge is 0.121 e. The first-order valence-electron chi connectivity index (χ1n) is 9.46. The Balaban J connectivity index is 2.24. The van der Waals surface area contributed by atoms with Crippen LogP contribution in [-0.2, 0) is 5.41 Å². The molecule has 2 aromatic rings. The Labute approximate surface area is 151 Å². The highest BCUT2D eigenvalue weighted by molar-refractivity contribution is 5.52. The molecule has 0 spiro atoms. The van der Waals surface area contributed by atoms with Crippen LogP contribution in [0.5, 0.6) is 11.5 Å². The molecule has 2 nitrogen and oxygen atoms in total. The molecule has 1 aliphatic rings. The van der Waals surface area contributed by atoms with Crippen molar-refractivity contribution in [3.05, 3.63) is 57.6 Å². The molecule has 0 unspecified atom stereocenters. The maximum Gasteiger partial charge on any atom is 0.121 e. The van der Waals surface area contributed by atoms with E-state index in [4.69, 9.17) is 0 Å². The molecular weight excluding hydrogens is 308 g/mol. The lowest BCUT2D eigenvalue weighted by atomic mass is 9.68. The Morgan fingerprint density at radius 3 is 1.24 bits per heavy atom. The van der Waals surface area contributed by atoms with Crippen LogP contribution < -0.4 is 0 Å². The Morgan fingerprint density at radius 2 is 0.920 bits per heavy atom. The molecule has 0 aromatic heterocycles. The zero-order chi connectivity index (χ0) is 18.2. The second-order valence-corrected chi connectivity index (χ2v) is 7.91. The van der Waals surface area contributed by atoms with Crippen LogP contribution in [-0.4, -0.2) is 10.2 Å². The largest absolute Gasteiger partial charge is 0.507 e. The van der Waals surface area contributed by atoms with E-state index in [0.717, 1.165) is 35.1 Å². The quantitative estimate of drug-likeness (QED) is 0.662. The molecule has 25 heavy (non-hydrogen) atoms. The third kappa shape index (κ3) is 3.15. The second-order valence-electron chi connectivity index (χ2n) is 7.91. The Bertz CT molecular complexity index is 675. The van der Waals surface area contributed by atoms with E-state index in [1.54, 1.807) is 0 Å². The van der Waals surface area contributed by atoms with E-state index in [0.29, 0.717) is 11.5 Å². The molecule has 3 rings (SSSR count). The van der Waals surface area contributed by atoms with Gasteiger partial charge in [-0.15, -0.1) is 0 Å². The first-order chi connectivity index (χ1) is 11.8. The molecule has 0 atom stereocenters. The van der Waals surface area contributed by atoms with Gasteiger partial charge in [-0.1, -0.05) is 49.9 Å². The molecule has 1 saturated carbocycles. The summed E-state index contributed by atoms with van der Waals surface area (Å²) in [6, 6.07) is 8.69. The average molecular weight is 338 g/mol. The van der Waals surface area contributed by atoms with Gasteiger partial charge in [-0.25, -0.2) is 0 Å². The van der Waals surface area contributed by atoms with Gasteiger partial charge in [0.05, 0.1) is 0 Å². The maximum atomic E-state index is 10.2. The normalized spacial score (nSPS) is 17.3. The predicted molar refractivity (Wildman–Crippen MR) is 104 cm³/mol. The highest BCUT2D eigenvalue weighted by Crippen LogP contribution is 2.46. The van der Waals surface area contributed by atoms with Crippen LogP contribution in [0, 0.1) is 27.7 Å². The first kappa shape index (κ1) is 17.8. The van der Waals surface area contributed by atoms with Gasteiger partial charge in [0.1, 0.15) is 11.5 Å². The topological polar surface area (TPSA) is 40.5 Å². The van der Waals surface area contributed by atoms with Crippen molar-refractivity contribution in [3.63, 3.8) is 0 Å². The van der Waals surface area contributed by atoms with Crippen LogP contribution >= 0.6 is 0 Å². The van der Waals surface area contributed by atoms with Crippen molar-refractivity contribution in [2.75, 3.05) is 0 Å². The summed E-state index contributed by atoms with van der Waals surface area (Å²) < 4.78 is 0. The number of benzene rings is 2. The van der Waals surface area contributed by atoms with Crippen LogP contribution in [0.1, 0.15) is 71.9 Å². The lowest BCUT2D eigenvalue weighted by Gasteiger charge is -2.36. The van der Waals surface area contributed by atoms with E-state index in [1.165, 1.54) is 36.8 Å². The zero-order valence-corrected chi connectivity index (χ0v) is 15.9. The zero-order valence-electron chi connectivity index (χ0n) is 15.9. The summed E-state index contributed by atoms with van der Waals surface area (Å²) >= 11 is 0. The third-order valence-electron chi connectivity index (χ3n) is 6.04. The molecule has 1 fully saturated rings. The monoisotopic (exact) mass is 338 g/mol. The molecule has 0 amide bonds. The minimum atomic E-state index is -0.0249. The Hall–Kier alpha value is -1.96. The molecule has 2 heteroatoms. The SMILES string of the molecule is Cc1cc(C2(c3cc(C)c(O)c(C)c3)CCCCCC2)cc(C)c1O. The number of hydrogen-bond donors (Lipinski definition) is 2. The molecular formula is C23H30O2. The molecule has 1 aliphatic carbocycles. The van der Waals surface area contributed by atoms with E-state index in [2.05, 4.69) is 24.3 Å². The van der Waals surface area contributed by atoms with Crippen LogP contribution in [0.4, 0.5) is 0 Å². The van der Waals surface area contributed by atoms with Crippen molar-refractivity contribution >= 4 is 0 Å². The third-order valence-corrected chi connectivity index (χ3v) is 6.04. The lowest BCUT2D eigenvalue weighted by molar-refractivity contribution is 0.435. The summed E-state index contributed by atoms with van der Waals surface area (Å²) in [4.78, 5) is 0. The molecule has 0 heterocycles. The summed E-state index contributed by atoms with van der Waals surface area (Å²) in [5.41, 5.74) is 6.40. The summed E-state index contributed by atoms with van der Waals surface area (Å²) in [6.07, 6.45) is 7.26. The summed E-state index contributed by atoms with van der Waals surface area (Å²) in [6.45, 7) is 7.96. The van der Waals surface area contributed by atoms with Gasteiger partial charge in [0, 0.05) is 5.41 Å². The Kier molecular flexibility index (Phi) is 4.81. The van der Waals surface area contributed by atoms with Crippen molar-refractivity contribution in [2.24, 2.45) is 0 Å². The number of aryl methyl sites for hydroxylation is 4. The fourth-order valence-corrected chi connectivity index (χ4v) is 4.54. The number of phenolic OH excluding ortho intramolecular Hbond substituents is 2. The minimum Gasteiger partial charge on any atom is -0.507 e. The van der Waals surface area contributed by atoms with E-state index in [1.807, 2.05) is 27.7 Å². The van der Waals surface area contributed by atoms with Gasteiger partial charge in [-0.2, -0.15) is 0 Å². The van der Waals surface area contributed by atoms with E-state index in [9.17, 15) is 10.2 Å². The van der Waals surface area contributed by atoms with Gasteiger partial charge in [0.2, 0.25) is 0 Å².